The fourth-order valence-corrected chi connectivity index (χ4v) is 2.88. The smallest absolute Gasteiger partial charge is 0.370 e. The minimum atomic E-state index is -0.854. The Hall–Kier alpha value is -3.53. The van der Waals surface area contributed by atoms with Gasteiger partial charge in [-0.1, -0.05) is 23.7 Å². The number of nitrogen functional groups attached to an aromatic ring is 1. The summed E-state index contributed by atoms with van der Waals surface area (Å²) < 4.78 is 15.6. The zero-order valence-electron chi connectivity index (χ0n) is 13.5. The zero-order chi connectivity index (χ0) is 19.3. The minimum Gasteiger partial charge on any atom is -0.397 e. The molecule has 0 bridgehead atoms. The third-order valence-electron chi connectivity index (χ3n) is 4.09. The number of halogens is 2. The van der Waals surface area contributed by atoms with E-state index in [1.54, 1.807) is 12.1 Å². The van der Waals surface area contributed by atoms with Gasteiger partial charge in [0.05, 0.1) is 21.8 Å². The van der Waals surface area contributed by atoms with E-state index in [1.165, 1.54) is 12.1 Å². The van der Waals surface area contributed by atoms with Gasteiger partial charge in [0.25, 0.3) is 11.8 Å². The number of imide groups is 1. The lowest BCUT2D eigenvalue weighted by atomic mass is 10.1. The highest BCUT2D eigenvalue weighted by Crippen LogP contribution is 2.24. The van der Waals surface area contributed by atoms with E-state index in [-0.39, 0.29) is 27.5 Å². The van der Waals surface area contributed by atoms with Gasteiger partial charge in [-0.3, -0.25) is 14.5 Å². The summed E-state index contributed by atoms with van der Waals surface area (Å²) in [5.74, 6) is -1.94. The first-order chi connectivity index (χ1) is 12.9. The van der Waals surface area contributed by atoms with Gasteiger partial charge in [-0.05, 0) is 34.7 Å². The number of anilines is 1. The Morgan fingerprint density at radius 1 is 1.04 bits per heavy atom. The molecule has 0 unspecified atom stereocenters. The van der Waals surface area contributed by atoms with E-state index in [9.17, 15) is 18.8 Å². The van der Waals surface area contributed by atoms with Crippen molar-refractivity contribution in [2.45, 2.75) is 6.67 Å². The molecule has 0 fully saturated rings. The van der Waals surface area contributed by atoms with E-state index in [0.29, 0.717) is 4.68 Å². The van der Waals surface area contributed by atoms with Gasteiger partial charge in [-0.2, -0.15) is 9.36 Å². The zero-order valence-corrected chi connectivity index (χ0v) is 14.2. The quantitative estimate of drug-likeness (QED) is 0.529. The second-order valence-electron chi connectivity index (χ2n) is 5.72. The van der Waals surface area contributed by atoms with Crippen LogP contribution in [-0.4, -0.2) is 36.5 Å². The highest BCUT2D eigenvalue weighted by molar-refractivity contribution is 6.33. The molecule has 0 aliphatic carbocycles. The first kappa shape index (κ1) is 16.9. The largest absolute Gasteiger partial charge is 0.397 e. The highest BCUT2D eigenvalue weighted by Gasteiger charge is 2.36. The van der Waals surface area contributed by atoms with Crippen molar-refractivity contribution in [3.05, 3.63) is 68.8 Å². The Labute approximate surface area is 155 Å². The third-order valence-corrected chi connectivity index (χ3v) is 4.41. The first-order valence-corrected chi connectivity index (χ1v) is 7.99. The van der Waals surface area contributed by atoms with Crippen molar-refractivity contribution < 1.29 is 14.0 Å². The molecule has 3 aromatic rings. The molecule has 1 aliphatic rings. The maximum Gasteiger partial charge on any atom is 0.370 e. The molecule has 2 amide bonds. The number of fused-ring (bicyclic) bond motifs is 1. The Morgan fingerprint density at radius 3 is 2.30 bits per heavy atom. The van der Waals surface area contributed by atoms with E-state index in [0.717, 1.165) is 21.7 Å². The van der Waals surface area contributed by atoms with E-state index in [2.05, 4.69) is 10.4 Å². The highest BCUT2D eigenvalue weighted by atomic mass is 35.5. The molecule has 27 heavy (non-hydrogen) atoms. The SMILES string of the molecule is Nc1cc(-n2nnn(CN3C(=O)c4ccccc4C3=O)c2=O)c(F)cc1Cl. The maximum atomic E-state index is 14.1. The lowest BCUT2D eigenvalue weighted by Gasteiger charge is -2.11. The van der Waals surface area contributed by atoms with Crippen molar-refractivity contribution in [3.8, 4) is 5.69 Å². The average Bonchev–Trinajstić information content (AvgIpc) is 3.12. The number of nitrogens with zero attached hydrogens (tertiary/aromatic N) is 5. The topological polar surface area (TPSA) is 116 Å². The second-order valence-corrected chi connectivity index (χ2v) is 6.13. The van der Waals surface area contributed by atoms with Crippen LogP contribution in [0.15, 0.2) is 41.2 Å². The molecular formula is C16H10ClFN6O3. The lowest BCUT2D eigenvalue weighted by molar-refractivity contribution is 0.0594. The normalized spacial score (nSPS) is 13.3. The van der Waals surface area contributed by atoms with Crippen molar-refractivity contribution >= 4 is 29.1 Å². The summed E-state index contributed by atoms with van der Waals surface area (Å²) in [6, 6.07) is 8.37. The number of hydrogen-bond acceptors (Lipinski definition) is 6. The van der Waals surface area contributed by atoms with Gasteiger partial charge < -0.3 is 5.73 Å². The summed E-state index contributed by atoms with van der Waals surface area (Å²) in [7, 11) is 0. The van der Waals surface area contributed by atoms with Crippen LogP contribution in [0.5, 0.6) is 0 Å². The van der Waals surface area contributed by atoms with Gasteiger partial charge in [-0.15, -0.1) is 0 Å². The van der Waals surface area contributed by atoms with Crippen LogP contribution in [0.1, 0.15) is 20.7 Å². The maximum absolute atomic E-state index is 14.1. The van der Waals surface area contributed by atoms with Gasteiger partial charge in [0.15, 0.2) is 5.82 Å². The molecule has 0 atom stereocenters. The van der Waals surface area contributed by atoms with E-state index in [4.69, 9.17) is 17.3 Å². The summed E-state index contributed by atoms with van der Waals surface area (Å²) in [5, 5.41) is 7.19. The van der Waals surface area contributed by atoms with Crippen LogP contribution in [0.4, 0.5) is 10.1 Å². The van der Waals surface area contributed by atoms with Gasteiger partial charge in [-0.25, -0.2) is 9.18 Å². The Morgan fingerprint density at radius 2 is 1.67 bits per heavy atom. The van der Waals surface area contributed by atoms with Gasteiger partial charge >= 0.3 is 5.69 Å². The van der Waals surface area contributed by atoms with Crippen LogP contribution in [0.25, 0.3) is 5.69 Å². The summed E-state index contributed by atoms with van der Waals surface area (Å²) in [4.78, 5) is 38.1. The van der Waals surface area contributed by atoms with Gasteiger partial charge in [0.2, 0.25) is 0 Å². The number of benzene rings is 2. The van der Waals surface area contributed by atoms with Crippen LogP contribution < -0.4 is 11.4 Å². The minimum absolute atomic E-state index is 0.0114. The predicted molar refractivity (Wildman–Crippen MR) is 91.9 cm³/mol. The van der Waals surface area contributed by atoms with Crippen LogP contribution in [0.2, 0.25) is 5.02 Å². The van der Waals surface area contributed by atoms with Gasteiger partial charge in [0.1, 0.15) is 12.4 Å². The van der Waals surface area contributed by atoms with Gasteiger partial charge in [0, 0.05) is 0 Å². The molecule has 136 valence electrons. The number of hydrogen-bond donors (Lipinski definition) is 1. The fourth-order valence-electron chi connectivity index (χ4n) is 2.73. The molecular weight excluding hydrogens is 379 g/mol. The molecule has 2 aromatic carbocycles. The third kappa shape index (κ3) is 2.57. The lowest BCUT2D eigenvalue weighted by Crippen LogP contribution is -2.37. The molecule has 1 aromatic heterocycles. The molecule has 2 N–H and O–H groups in total. The molecule has 0 spiro atoms. The van der Waals surface area contributed by atoms with Crippen LogP contribution >= 0.6 is 11.6 Å². The average molecular weight is 389 g/mol. The molecule has 0 saturated heterocycles. The van der Waals surface area contributed by atoms with Crippen LogP contribution in [0, 0.1) is 5.82 Å². The summed E-state index contributed by atoms with van der Waals surface area (Å²) in [6.07, 6.45) is 0. The van der Waals surface area contributed by atoms with E-state index in [1.807, 2.05) is 0 Å². The predicted octanol–water partition coefficient (Wildman–Crippen LogP) is 1.06. The Kier molecular flexibility index (Phi) is 3.77. The Balaban J connectivity index is 1.69. The number of carbonyl (C=O) groups excluding carboxylic acids is 2. The van der Waals surface area contributed by atoms with Crippen molar-refractivity contribution in [1.29, 1.82) is 0 Å². The standard InChI is InChI=1S/C16H10ClFN6O3/c17-10-5-11(18)13(6-12(10)19)24-16(27)23(20-21-24)7-22-14(25)8-3-1-2-4-9(8)15(22)26/h1-6H,7,19H2. The summed E-state index contributed by atoms with van der Waals surface area (Å²) >= 11 is 5.73. The molecule has 4 rings (SSSR count). The molecule has 0 radical (unpaired) electrons. The molecule has 9 nitrogen and oxygen atoms in total. The van der Waals surface area contributed by atoms with Crippen LogP contribution in [-0.2, 0) is 6.67 Å². The number of amides is 2. The van der Waals surface area contributed by atoms with Crippen molar-refractivity contribution in [1.82, 2.24) is 24.7 Å². The summed E-state index contributed by atoms with van der Waals surface area (Å²) in [5.41, 5.74) is 5.05. The number of rotatable bonds is 3. The number of tetrazole rings is 1. The number of carbonyl (C=O) groups is 2. The van der Waals surface area contributed by atoms with Crippen molar-refractivity contribution in [3.63, 3.8) is 0 Å². The molecule has 11 heteroatoms. The monoisotopic (exact) mass is 388 g/mol. The number of nitrogens with two attached hydrogens (primary N) is 1. The molecule has 0 saturated carbocycles. The van der Waals surface area contributed by atoms with E-state index >= 15 is 0 Å². The molecule has 1 aliphatic heterocycles. The van der Waals surface area contributed by atoms with Crippen LogP contribution in [0.3, 0.4) is 0 Å². The second kappa shape index (κ2) is 6.02. The van der Waals surface area contributed by atoms with E-state index < -0.39 is 30.0 Å². The Bertz CT molecular complexity index is 1140. The molecule has 2 heterocycles. The van der Waals surface area contributed by atoms with Crippen molar-refractivity contribution in [2.75, 3.05) is 5.73 Å². The van der Waals surface area contributed by atoms with Crippen molar-refractivity contribution in [2.24, 2.45) is 0 Å². The first-order valence-electron chi connectivity index (χ1n) is 7.61. The fraction of sp³-hybridized carbons (Fsp3) is 0.0625. The number of aromatic nitrogens is 4. The summed E-state index contributed by atoms with van der Waals surface area (Å²) in [6.45, 7) is -0.462.